The Labute approximate surface area is 87.5 Å². The second-order valence-electron chi connectivity index (χ2n) is 3.27. The summed E-state index contributed by atoms with van der Waals surface area (Å²) in [5.74, 6) is 1.24. The Morgan fingerprint density at radius 1 is 1.40 bits per heavy atom. The van der Waals surface area contributed by atoms with Crippen LogP contribution in [0.2, 0.25) is 0 Å². The minimum absolute atomic E-state index is 0.556. The summed E-state index contributed by atoms with van der Waals surface area (Å²) in [4.78, 5) is 8.20. The number of nitrogens with one attached hydrogen (secondary N) is 1. The average molecular weight is 204 g/mol. The van der Waals surface area contributed by atoms with E-state index in [9.17, 15) is 0 Å². The summed E-state index contributed by atoms with van der Waals surface area (Å²) < 4.78 is 4.86. The third-order valence-corrected chi connectivity index (χ3v) is 1.92. The van der Waals surface area contributed by atoms with Crippen molar-refractivity contribution in [1.29, 1.82) is 0 Å². The highest BCUT2D eigenvalue weighted by Crippen LogP contribution is 2.08. The highest BCUT2D eigenvalue weighted by molar-refractivity contribution is 5.42. The number of aryl methyl sites for hydroxylation is 2. The highest BCUT2D eigenvalue weighted by atomic mass is 16.5. The molecule has 0 atom stereocenters. The van der Waals surface area contributed by atoms with Gasteiger partial charge in [0.1, 0.15) is 0 Å². The zero-order valence-electron chi connectivity index (χ0n) is 8.69. The molecular weight excluding hydrogens is 192 g/mol. The Morgan fingerprint density at radius 3 is 2.93 bits per heavy atom. The summed E-state index contributed by atoms with van der Waals surface area (Å²) in [7, 11) is 0. The van der Waals surface area contributed by atoms with Gasteiger partial charge in [0.05, 0.1) is 6.54 Å². The molecule has 0 saturated heterocycles. The van der Waals surface area contributed by atoms with Crippen molar-refractivity contribution in [3.63, 3.8) is 0 Å². The zero-order chi connectivity index (χ0) is 10.7. The fourth-order valence-electron chi connectivity index (χ4n) is 1.25. The fraction of sp³-hybridized carbons (Fsp3) is 0.300. The summed E-state index contributed by atoms with van der Waals surface area (Å²) in [6.07, 6.45) is 1.76. The van der Waals surface area contributed by atoms with E-state index in [2.05, 4.69) is 20.4 Å². The third-order valence-electron chi connectivity index (χ3n) is 1.92. The third kappa shape index (κ3) is 2.52. The number of pyridine rings is 1. The molecule has 1 N–H and O–H groups in total. The first-order valence-electron chi connectivity index (χ1n) is 4.70. The van der Waals surface area contributed by atoms with Crippen LogP contribution in [0.25, 0.3) is 0 Å². The molecule has 2 aromatic heterocycles. The van der Waals surface area contributed by atoms with Crippen molar-refractivity contribution >= 4 is 5.69 Å². The second kappa shape index (κ2) is 4.08. The van der Waals surface area contributed by atoms with Crippen LogP contribution in [-0.4, -0.2) is 15.1 Å². The number of hydrogen-bond acceptors (Lipinski definition) is 5. The molecule has 0 saturated carbocycles. The molecule has 0 amide bonds. The maximum absolute atomic E-state index is 4.86. The average Bonchev–Trinajstić information content (AvgIpc) is 2.62. The molecule has 0 aromatic carbocycles. The van der Waals surface area contributed by atoms with Crippen LogP contribution in [0.15, 0.2) is 22.9 Å². The molecule has 0 aliphatic carbocycles. The van der Waals surface area contributed by atoms with Crippen LogP contribution >= 0.6 is 0 Å². The molecule has 0 fully saturated rings. The van der Waals surface area contributed by atoms with Gasteiger partial charge < -0.3 is 9.84 Å². The zero-order valence-corrected chi connectivity index (χ0v) is 8.69. The molecule has 2 heterocycles. The van der Waals surface area contributed by atoms with Crippen LogP contribution in [0.5, 0.6) is 0 Å². The number of rotatable bonds is 3. The van der Waals surface area contributed by atoms with Crippen LogP contribution < -0.4 is 5.32 Å². The Morgan fingerprint density at radius 2 is 2.27 bits per heavy atom. The van der Waals surface area contributed by atoms with Gasteiger partial charge in [0.25, 0.3) is 0 Å². The Balaban J connectivity index is 1.99. The summed E-state index contributed by atoms with van der Waals surface area (Å²) >= 11 is 0. The molecule has 15 heavy (non-hydrogen) atoms. The summed E-state index contributed by atoms with van der Waals surface area (Å²) in [6.45, 7) is 4.28. The lowest BCUT2D eigenvalue weighted by molar-refractivity contribution is 0.388. The lowest BCUT2D eigenvalue weighted by Crippen LogP contribution is -2.01. The maximum Gasteiger partial charge on any atom is 0.223 e. The van der Waals surface area contributed by atoms with Gasteiger partial charge in [0.15, 0.2) is 5.82 Å². The summed E-state index contributed by atoms with van der Waals surface area (Å²) in [5.41, 5.74) is 1.98. The molecule has 2 aromatic rings. The van der Waals surface area contributed by atoms with E-state index in [1.807, 2.05) is 19.1 Å². The molecule has 78 valence electrons. The lowest BCUT2D eigenvalue weighted by Gasteiger charge is -2.02. The predicted octanol–water partition coefficient (Wildman–Crippen LogP) is 1.69. The van der Waals surface area contributed by atoms with Gasteiger partial charge in [-0.3, -0.25) is 4.98 Å². The molecule has 5 nitrogen and oxygen atoms in total. The van der Waals surface area contributed by atoms with Gasteiger partial charge >= 0.3 is 0 Å². The van der Waals surface area contributed by atoms with E-state index in [0.717, 1.165) is 11.4 Å². The normalized spacial score (nSPS) is 10.3. The van der Waals surface area contributed by atoms with Crippen molar-refractivity contribution < 1.29 is 4.52 Å². The van der Waals surface area contributed by atoms with Gasteiger partial charge in [0, 0.05) is 24.5 Å². The minimum atomic E-state index is 0.556. The standard InChI is InChI=1S/C10H12N4O/c1-7-5-9(3-4-11-7)12-6-10-13-8(2)15-14-10/h3-5H,6H2,1-2H3,(H,11,12). The van der Waals surface area contributed by atoms with Crippen molar-refractivity contribution in [2.75, 3.05) is 5.32 Å². The Hall–Kier alpha value is -1.91. The minimum Gasteiger partial charge on any atom is -0.378 e. The lowest BCUT2D eigenvalue weighted by atomic mass is 10.3. The molecule has 0 aliphatic heterocycles. The molecule has 0 aliphatic rings. The van der Waals surface area contributed by atoms with Crippen LogP contribution in [0.1, 0.15) is 17.4 Å². The van der Waals surface area contributed by atoms with Gasteiger partial charge in [-0.1, -0.05) is 5.16 Å². The topological polar surface area (TPSA) is 63.8 Å². The van der Waals surface area contributed by atoms with Gasteiger partial charge in [-0.15, -0.1) is 0 Å². The van der Waals surface area contributed by atoms with E-state index in [4.69, 9.17) is 4.52 Å². The molecule has 5 heteroatoms. The van der Waals surface area contributed by atoms with Gasteiger partial charge in [0.2, 0.25) is 5.89 Å². The quantitative estimate of drug-likeness (QED) is 0.824. The van der Waals surface area contributed by atoms with Gasteiger partial charge in [-0.25, -0.2) is 0 Å². The van der Waals surface area contributed by atoms with Crippen LogP contribution in [0.4, 0.5) is 5.69 Å². The number of aromatic nitrogens is 3. The SMILES string of the molecule is Cc1cc(NCc2noc(C)n2)ccn1. The van der Waals surface area contributed by atoms with E-state index in [1.165, 1.54) is 0 Å². The first-order valence-corrected chi connectivity index (χ1v) is 4.70. The van der Waals surface area contributed by atoms with Crippen LogP contribution in [-0.2, 0) is 6.54 Å². The van der Waals surface area contributed by atoms with Crippen molar-refractivity contribution in [2.24, 2.45) is 0 Å². The highest BCUT2D eigenvalue weighted by Gasteiger charge is 2.01. The first kappa shape index (κ1) is 9.64. The molecule has 0 unspecified atom stereocenters. The van der Waals surface area contributed by atoms with E-state index in [1.54, 1.807) is 13.1 Å². The number of nitrogens with zero attached hydrogens (tertiary/aromatic N) is 3. The van der Waals surface area contributed by atoms with Gasteiger partial charge in [-0.2, -0.15) is 4.98 Å². The van der Waals surface area contributed by atoms with E-state index in [-0.39, 0.29) is 0 Å². The molecule has 0 spiro atoms. The molecule has 0 bridgehead atoms. The van der Waals surface area contributed by atoms with Gasteiger partial charge in [-0.05, 0) is 19.1 Å². The van der Waals surface area contributed by atoms with E-state index < -0.39 is 0 Å². The number of hydrogen-bond donors (Lipinski definition) is 1. The molecular formula is C10H12N4O. The number of anilines is 1. The fourth-order valence-corrected chi connectivity index (χ4v) is 1.25. The summed E-state index contributed by atoms with van der Waals surface area (Å²) in [5, 5.41) is 6.98. The van der Waals surface area contributed by atoms with Crippen molar-refractivity contribution in [1.82, 2.24) is 15.1 Å². The Bertz CT molecular complexity index is 452. The van der Waals surface area contributed by atoms with E-state index >= 15 is 0 Å². The first-order chi connectivity index (χ1) is 7.24. The molecule has 2 rings (SSSR count). The maximum atomic E-state index is 4.86. The van der Waals surface area contributed by atoms with Crippen LogP contribution in [0, 0.1) is 13.8 Å². The predicted molar refractivity (Wildman–Crippen MR) is 55.3 cm³/mol. The van der Waals surface area contributed by atoms with E-state index in [0.29, 0.717) is 18.3 Å². The second-order valence-corrected chi connectivity index (χ2v) is 3.27. The van der Waals surface area contributed by atoms with Crippen LogP contribution in [0.3, 0.4) is 0 Å². The Kier molecular flexibility index (Phi) is 2.62. The monoisotopic (exact) mass is 204 g/mol. The van der Waals surface area contributed by atoms with Crippen molar-refractivity contribution in [2.45, 2.75) is 20.4 Å². The molecule has 0 radical (unpaired) electrons. The summed E-state index contributed by atoms with van der Waals surface area (Å²) in [6, 6.07) is 3.87. The largest absolute Gasteiger partial charge is 0.378 e. The van der Waals surface area contributed by atoms with Crippen molar-refractivity contribution in [3.05, 3.63) is 35.7 Å². The van der Waals surface area contributed by atoms with Crippen molar-refractivity contribution in [3.8, 4) is 0 Å². The smallest absolute Gasteiger partial charge is 0.223 e.